The van der Waals surface area contributed by atoms with Crippen LogP contribution in [-0.2, 0) is 11.3 Å². The molecule has 0 unspecified atom stereocenters. The van der Waals surface area contributed by atoms with Crippen molar-refractivity contribution >= 4 is 5.91 Å². The first-order valence-corrected chi connectivity index (χ1v) is 5.73. The number of nitrogens with two attached hydrogens (primary N) is 1. The van der Waals surface area contributed by atoms with Crippen molar-refractivity contribution in [3.63, 3.8) is 0 Å². The summed E-state index contributed by atoms with van der Waals surface area (Å²) in [4.78, 5) is 11.2. The van der Waals surface area contributed by atoms with E-state index >= 15 is 0 Å². The second-order valence-electron chi connectivity index (χ2n) is 4.00. The standard InChI is InChI=1S/C13H20N2O3/c1-8-9(2)13(18-4)10(5-11(8)17-3)7-15-12(16)6-14/h5H,6-7,14H2,1-4H3,(H,15,16). The molecule has 1 rings (SSSR count). The number of ether oxygens (including phenoxy) is 2. The molecule has 18 heavy (non-hydrogen) atoms. The van der Waals surface area contributed by atoms with Crippen molar-refractivity contribution in [3.05, 3.63) is 22.8 Å². The third-order valence-corrected chi connectivity index (χ3v) is 2.96. The highest BCUT2D eigenvalue weighted by Gasteiger charge is 2.14. The molecule has 0 aromatic heterocycles. The summed E-state index contributed by atoms with van der Waals surface area (Å²) in [5.74, 6) is 1.35. The summed E-state index contributed by atoms with van der Waals surface area (Å²) < 4.78 is 10.7. The highest BCUT2D eigenvalue weighted by molar-refractivity contribution is 5.77. The van der Waals surface area contributed by atoms with E-state index < -0.39 is 0 Å². The highest BCUT2D eigenvalue weighted by Crippen LogP contribution is 2.33. The average Bonchev–Trinajstić information content (AvgIpc) is 2.39. The lowest BCUT2D eigenvalue weighted by Gasteiger charge is -2.17. The minimum absolute atomic E-state index is 0.0235. The third-order valence-electron chi connectivity index (χ3n) is 2.96. The van der Waals surface area contributed by atoms with E-state index in [0.717, 1.165) is 28.2 Å². The van der Waals surface area contributed by atoms with Crippen molar-refractivity contribution in [1.29, 1.82) is 0 Å². The van der Waals surface area contributed by atoms with Crippen LogP contribution >= 0.6 is 0 Å². The van der Waals surface area contributed by atoms with E-state index in [1.807, 2.05) is 19.9 Å². The Hall–Kier alpha value is -1.75. The van der Waals surface area contributed by atoms with Crippen LogP contribution in [0, 0.1) is 13.8 Å². The Balaban J connectivity index is 3.09. The smallest absolute Gasteiger partial charge is 0.234 e. The van der Waals surface area contributed by atoms with Crippen LogP contribution in [0.2, 0.25) is 0 Å². The molecule has 0 bridgehead atoms. The van der Waals surface area contributed by atoms with Gasteiger partial charge in [0, 0.05) is 12.1 Å². The fourth-order valence-corrected chi connectivity index (χ4v) is 1.82. The van der Waals surface area contributed by atoms with E-state index in [2.05, 4.69) is 5.32 Å². The topological polar surface area (TPSA) is 73.6 Å². The van der Waals surface area contributed by atoms with Crippen LogP contribution in [0.25, 0.3) is 0 Å². The van der Waals surface area contributed by atoms with Gasteiger partial charge >= 0.3 is 0 Å². The first kappa shape index (κ1) is 14.3. The van der Waals surface area contributed by atoms with E-state index in [9.17, 15) is 4.79 Å². The van der Waals surface area contributed by atoms with Crippen molar-refractivity contribution in [2.24, 2.45) is 5.73 Å². The summed E-state index contributed by atoms with van der Waals surface area (Å²) in [6, 6.07) is 1.87. The van der Waals surface area contributed by atoms with Crippen molar-refractivity contribution in [1.82, 2.24) is 5.32 Å². The normalized spacial score (nSPS) is 10.1. The summed E-state index contributed by atoms with van der Waals surface area (Å²) in [5, 5.41) is 2.72. The molecule has 0 spiro atoms. The van der Waals surface area contributed by atoms with Crippen LogP contribution in [-0.4, -0.2) is 26.7 Å². The molecule has 0 aliphatic heterocycles. The molecule has 100 valence electrons. The van der Waals surface area contributed by atoms with E-state index in [0.29, 0.717) is 6.54 Å². The number of carbonyl (C=O) groups excluding carboxylic acids is 1. The third kappa shape index (κ3) is 2.92. The summed E-state index contributed by atoms with van der Waals surface area (Å²) in [5.41, 5.74) is 8.16. The summed E-state index contributed by atoms with van der Waals surface area (Å²) in [7, 11) is 3.24. The Morgan fingerprint density at radius 2 is 1.94 bits per heavy atom. The van der Waals surface area contributed by atoms with Crippen LogP contribution in [0.1, 0.15) is 16.7 Å². The molecule has 1 aromatic carbocycles. The quantitative estimate of drug-likeness (QED) is 0.816. The van der Waals surface area contributed by atoms with Gasteiger partial charge in [-0.05, 0) is 31.0 Å². The van der Waals surface area contributed by atoms with Gasteiger partial charge in [0.15, 0.2) is 0 Å². The molecule has 0 aliphatic rings. The number of nitrogens with one attached hydrogen (secondary N) is 1. The zero-order chi connectivity index (χ0) is 13.7. The van der Waals surface area contributed by atoms with Gasteiger partial charge in [-0.1, -0.05) is 0 Å². The van der Waals surface area contributed by atoms with Gasteiger partial charge in [-0.15, -0.1) is 0 Å². The largest absolute Gasteiger partial charge is 0.496 e. The number of hydrogen-bond donors (Lipinski definition) is 2. The lowest BCUT2D eigenvalue weighted by Crippen LogP contribution is -2.29. The number of methoxy groups -OCH3 is 2. The Kier molecular flexibility index (Phi) is 4.97. The second kappa shape index (κ2) is 6.26. The molecular formula is C13H20N2O3. The zero-order valence-electron chi connectivity index (χ0n) is 11.3. The van der Waals surface area contributed by atoms with Gasteiger partial charge in [0.25, 0.3) is 0 Å². The first-order chi connectivity index (χ1) is 8.54. The Morgan fingerprint density at radius 3 is 2.44 bits per heavy atom. The van der Waals surface area contributed by atoms with E-state index in [-0.39, 0.29) is 12.5 Å². The number of benzene rings is 1. The van der Waals surface area contributed by atoms with Crippen molar-refractivity contribution < 1.29 is 14.3 Å². The Morgan fingerprint density at radius 1 is 1.28 bits per heavy atom. The summed E-state index contributed by atoms with van der Waals surface area (Å²) in [6.07, 6.45) is 0. The van der Waals surface area contributed by atoms with Gasteiger partial charge in [-0.3, -0.25) is 4.79 Å². The van der Waals surface area contributed by atoms with Crippen LogP contribution in [0.15, 0.2) is 6.07 Å². The van der Waals surface area contributed by atoms with Gasteiger partial charge in [0.2, 0.25) is 5.91 Å². The molecule has 3 N–H and O–H groups in total. The van der Waals surface area contributed by atoms with E-state index in [1.165, 1.54) is 0 Å². The predicted molar refractivity (Wildman–Crippen MR) is 69.9 cm³/mol. The number of hydrogen-bond acceptors (Lipinski definition) is 4. The lowest BCUT2D eigenvalue weighted by atomic mass is 10.0. The molecule has 5 heteroatoms. The molecule has 0 heterocycles. The maximum Gasteiger partial charge on any atom is 0.234 e. The van der Waals surface area contributed by atoms with Crippen LogP contribution in [0.5, 0.6) is 11.5 Å². The Bertz CT molecular complexity index is 444. The number of rotatable bonds is 5. The molecular weight excluding hydrogens is 232 g/mol. The van der Waals surface area contributed by atoms with Gasteiger partial charge in [0.1, 0.15) is 11.5 Å². The van der Waals surface area contributed by atoms with Crippen molar-refractivity contribution in [3.8, 4) is 11.5 Å². The molecule has 1 amide bonds. The monoisotopic (exact) mass is 252 g/mol. The van der Waals surface area contributed by atoms with Crippen LogP contribution in [0.3, 0.4) is 0 Å². The van der Waals surface area contributed by atoms with Gasteiger partial charge in [-0.2, -0.15) is 0 Å². The maximum absolute atomic E-state index is 11.2. The SMILES string of the molecule is COc1cc(CNC(=O)CN)c(OC)c(C)c1C. The molecule has 0 atom stereocenters. The predicted octanol–water partition coefficient (Wildman–Crippen LogP) is 0.896. The van der Waals surface area contributed by atoms with Crippen LogP contribution in [0.4, 0.5) is 0 Å². The fourth-order valence-electron chi connectivity index (χ4n) is 1.82. The van der Waals surface area contributed by atoms with Gasteiger partial charge in [0.05, 0.1) is 20.8 Å². The minimum atomic E-state index is -0.200. The highest BCUT2D eigenvalue weighted by atomic mass is 16.5. The Labute approximate surface area is 107 Å². The molecule has 5 nitrogen and oxygen atoms in total. The van der Waals surface area contributed by atoms with Crippen molar-refractivity contribution in [2.75, 3.05) is 20.8 Å². The second-order valence-corrected chi connectivity index (χ2v) is 4.00. The molecule has 0 aliphatic carbocycles. The minimum Gasteiger partial charge on any atom is -0.496 e. The van der Waals surface area contributed by atoms with E-state index in [4.69, 9.17) is 15.2 Å². The number of amides is 1. The molecule has 0 saturated heterocycles. The van der Waals surface area contributed by atoms with Gasteiger partial charge in [-0.25, -0.2) is 0 Å². The fraction of sp³-hybridized carbons (Fsp3) is 0.462. The molecule has 0 radical (unpaired) electrons. The average molecular weight is 252 g/mol. The van der Waals surface area contributed by atoms with E-state index in [1.54, 1.807) is 14.2 Å². The summed E-state index contributed by atoms with van der Waals surface area (Å²) in [6.45, 7) is 4.28. The van der Waals surface area contributed by atoms with Crippen molar-refractivity contribution in [2.45, 2.75) is 20.4 Å². The summed E-state index contributed by atoms with van der Waals surface area (Å²) >= 11 is 0. The number of carbonyl (C=O) groups is 1. The molecule has 0 fully saturated rings. The van der Waals surface area contributed by atoms with Crippen LogP contribution < -0.4 is 20.5 Å². The lowest BCUT2D eigenvalue weighted by molar-refractivity contribution is -0.119. The maximum atomic E-state index is 11.2. The first-order valence-electron chi connectivity index (χ1n) is 5.73. The molecule has 1 aromatic rings. The zero-order valence-corrected chi connectivity index (χ0v) is 11.3. The molecule has 0 saturated carbocycles. The van der Waals surface area contributed by atoms with Gasteiger partial charge < -0.3 is 20.5 Å².